The molecule has 0 aliphatic heterocycles. The molecule has 0 N–H and O–H groups in total. The molecule has 1 saturated carbocycles. The number of aryl methyl sites for hydroxylation is 1. The van der Waals surface area contributed by atoms with Gasteiger partial charge in [0.1, 0.15) is 11.6 Å². The summed E-state index contributed by atoms with van der Waals surface area (Å²) in [7, 11) is 0. The van der Waals surface area contributed by atoms with Gasteiger partial charge in [0.05, 0.1) is 5.69 Å². The number of aromatic nitrogens is 2. The molecular weight excluding hydrogens is 202 g/mol. The van der Waals surface area contributed by atoms with E-state index in [9.17, 15) is 4.79 Å². The zero-order chi connectivity index (χ0) is 11.7. The van der Waals surface area contributed by atoms with E-state index in [0.29, 0.717) is 18.0 Å². The number of rotatable bonds is 2. The van der Waals surface area contributed by atoms with Crippen LogP contribution in [0.4, 0.5) is 0 Å². The maximum Gasteiger partial charge on any atom is 0.284 e. The summed E-state index contributed by atoms with van der Waals surface area (Å²) in [6.45, 7) is 4.28. The Kier molecular flexibility index (Phi) is 2.78. The zero-order valence-corrected chi connectivity index (χ0v) is 9.66. The average molecular weight is 217 g/mol. The van der Waals surface area contributed by atoms with Crippen molar-refractivity contribution < 1.29 is 0 Å². The van der Waals surface area contributed by atoms with E-state index in [2.05, 4.69) is 5.10 Å². The quantitative estimate of drug-likeness (QED) is 0.754. The van der Waals surface area contributed by atoms with Crippen LogP contribution in [0.3, 0.4) is 0 Å². The van der Waals surface area contributed by atoms with E-state index >= 15 is 0 Å². The molecule has 4 nitrogen and oxygen atoms in total. The Morgan fingerprint density at radius 1 is 1.50 bits per heavy atom. The highest BCUT2D eigenvalue weighted by Gasteiger charge is 2.20. The molecule has 0 radical (unpaired) electrons. The van der Waals surface area contributed by atoms with Gasteiger partial charge in [0.2, 0.25) is 0 Å². The molecule has 1 aliphatic rings. The van der Waals surface area contributed by atoms with Gasteiger partial charge in [-0.1, -0.05) is 6.42 Å². The Bertz CT molecular complexity index is 506. The Hall–Kier alpha value is -1.63. The van der Waals surface area contributed by atoms with Gasteiger partial charge in [0, 0.05) is 6.54 Å². The molecule has 1 heterocycles. The predicted octanol–water partition coefficient (Wildman–Crippen LogP) is 1.53. The van der Waals surface area contributed by atoms with Crippen LogP contribution in [0.2, 0.25) is 0 Å². The molecule has 0 unspecified atom stereocenters. The third-order valence-corrected chi connectivity index (χ3v) is 3.40. The lowest BCUT2D eigenvalue weighted by molar-refractivity contribution is 0.261. The lowest BCUT2D eigenvalue weighted by Crippen LogP contribution is -2.32. The van der Waals surface area contributed by atoms with E-state index in [0.717, 1.165) is 5.69 Å². The van der Waals surface area contributed by atoms with Gasteiger partial charge in [-0.2, -0.15) is 10.4 Å². The molecule has 84 valence electrons. The van der Waals surface area contributed by atoms with Crippen molar-refractivity contribution in [2.75, 3.05) is 0 Å². The Morgan fingerprint density at radius 2 is 2.19 bits per heavy atom. The first-order valence-electron chi connectivity index (χ1n) is 5.62. The SMILES string of the molecule is Cc1nn(CC2CCC2)c(=O)c(C#N)c1C. The van der Waals surface area contributed by atoms with Crippen molar-refractivity contribution in [1.82, 2.24) is 9.78 Å². The lowest BCUT2D eigenvalue weighted by Gasteiger charge is -2.25. The van der Waals surface area contributed by atoms with Crippen molar-refractivity contribution in [1.29, 1.82) is 5.26 Å². The maximum atomic E-state index is 11.9. The van der Waals surface area contributed by atoms with Gasteiger partial charge in [-0.05, 0) is 38.2 Å². The first kappa shape index (κ1) is 10.9. The van der Waals surface area contributed by atoms with E-state index < -0.39 is 0 Å². The van der Waals surface area contributed by atoms with Crippen molar-refractivity contribution in [2.45, 2.75) is 39.7 Å². The fourth-order valence-corrected chi connectivity index (χ4v) is 1.95. The smallest absolute Gasteiger partial charge is 0.266 e. The Balaban J connectivity index is 2.42. The lowest BCUT2D eigenvalue weighted by atomic mass is 9.85. The van der Waals surface area contributed by atoms with Crippen LogP contribution < -0.4 is 5.56 Å². The van der Waals surface area contributed by atoms with Crippen molar-refractivity contribution >= 4 is 0 Å². The second-order valence-electron chi connectivity index (χ2n) is 4.48. The first-order valence-corrected chi connectivity index (χ1v) is 5.62. The van der Waals surface area contributed by atoms with Crippen LogP contribution in [0, 0.1) is 31.1 Å². The van der Waals surface area contributed by atoms with Crippen molar-refractivity contribution in [3.63, 3.8) is 0 Å². The fourth-order valence-electron chi connectivity index (χ4n) is 1.95. The minimum absolute atomic E-state index is 0.238. The number of nitriles is 1. The standard InChI is InChI=1S/C12H15N3O/c1-8-9(2)14-15(7-10-4-3-5-10)12(16)11(8)6-13/h10H,3-5,7H2,1-2H3. The number of nitrogens with zero attached hydrogens (tertiary/aromatic N) is 3. The Labute approximate surface area is 94.5 Å². The Morgan fingerprint density at radius 3 is 2.69 bits per heavy atom. The van der Waals surface area contributed by atoms with Crippen LogP contribution in [-0.2, 0) is 6.54 Å². The van der Waals surface area contributed by atoms with Crippen molar-refractivity contribution in [3.05, 3.63) is 27.2 Å². The van der Waals surface area contributed by atoms with Crippen LogP contribution >= 0.6 is 0 Å². The minimum Gasteiger partial charge on any atom is -0.266 e. The molecule has 0 bridgehead atoms. The molecule has 2 rings (SSSR count). The maximum absolute atomic E-state index is 11.9. The number of hydrogen-bond donors (Lipinski definition) is 0. The van der Waals surface area contributed by atoms with Crippen molar-refractivity contribution in [2.24, 2.45) is 5.92 Å². The summed E-state index contributed by atoms with van der Waals surface area (Å²) in [5.74, 6) is 0.568. The third kappa shape index (κ3) is 1.73. The van der Waals surface area contributed by atoms with Crippen molar-refractivity contribution in [3.8, 4) is 6.07 Å². The van der Waals surface area contributed by atoms with Crippen LogP contribution in [0.1, 0.15) is 36.1 Å². The van der Waals surface area contributed by atoms with Gasteiger partial charge in [0.25, 0.3) is 5.56 Å². The highest BCUT2D eigenvalue weighted by Crippen LogP contribution is 2.27. The third-order valence-electron chi connectivity index (χ3n) is 3.40. The summed E-state index contributed by atoms with van der Waals surface area (Å²) in [6.07, 6.45) is 3.58. The molecule has 1 fully saturated rings. The van der Waals surface area contributed by atoms with Crippen LogP contribution in [0.25, 0.3) is 0 Å². The largest absolute Gasteiger partial charge is 0.284 e. The van der Waals surface area contributed by atoms with Gasteiger partial charge in [0.15, 0.2) is 0 Å². The molecular formula is C12H15N3O. The van der Waals surface area contributed by atoms with E-state index in [-0.39, 0.29) is 11.1 Å². The van der Waals surface area contributed by atoms with Gasteiger partial charge in [-0.15, -0.1) is 0 Å². The molecule has 4 heteroatoms. The second-order valence-corrected chi connectivity index (χ2v) is 4.48. The summed E-state index contributed by atoms with van der Waals surface area (Å²) in [5, 5.41) is 13.2. The fraction of sp³-hybridized carbons (Fsp3) is 0.583. The van der Waals surface area contributed by atoms with Gasteiger partial charge >= 0.3 is 0 Å². The molecule has 0 atom stereocenters. The summed E-state index contributed by atoms with van der Waals surface area (Å²) < 4.78 is 1.46. The van der Waals surface area contributed by atoms with E-state index in [1.54, 1.807) is 6.92 Å². The molecule has 1 aromatic heterocycles. The summed E-state index contributed by atoms with van der Waals surface area (Å²) in [5.41, 5.74) is 1.48. The number of hydrogen-bond acceptors (Lipinski definition) is 3. The van der Waals surface area contributed by atoms with Crippen LogP contribution in [-0.4, -0.2) is 9.78 Å². The normalized spacial score (nSPS) is 15.6. The molecule has 0 aromatic carbocycles. The summed E-state index contributed by atoms with van der Waals surface area (Å²) in [6, 6.07) is 1.98. The molecule has 0 amide bonds. The zero-order valence-electron chi connectivity index (χ0n) is 9.66. The van der Waals surface area contributed by atoms with Gasteiger partial charge in [-0.25, -0.2) is 4.68 Å². The highest BCUT2D eigenvalue weighted by atomic mass is 16.1. The molecule has 1 aliphatic carbocycles. The van der Waals surface area contributed by atoms with Gasteiger partial charge in [-0.3, -0.25) is 4.79 Å². The van der Waals surface area contributed by atoms with Gasteiger partial charge < -0.3 is 0 Å². The van der Waals surface area contributed by atoms with Crippen LogP contribution in [0.5, 0.6) is 0 Å². The van der Waals surface area contributed by atoms with Crippen LogP contribution in [0.15, 0.2) is 4.79 Å². The average Bonchev–Trinajstić information content (AvgIpc) is 2.20. The monoisotopic (exact) mass is 217 g/mol. The molecule has 1 aromatic rings. The molecule has 16 heavy (non-hydrogen) atoms. The molecule has 0 spiro atoms. The first-order chi connectivity index (χ1) is 7.63. The van der Waals surface area contributed by atoms with E-state index in [1.165, 1.54) is 23.9 Å². The van der Waals surface area contributed by atoms with E-state index in [4.69, 9.17) is 5.26 Å². The topological polar surface area (TPSA) is 58.7 Å². The second kappa shape index (κ2) is 4.09. The molecule has 0 saturated heterocycles. The summed E-state index contributed by atoms with van der Waals surface area (Å²) >= 11 is 0. The van der Waals surface area contributed by atoms with E-state index in [1.807, 2.05) is 13.0 Å². The highest BCUT2D eigenvalue weighted by molar-refractivity contribution is 5.36. The summed E-state index contributed by atoms with van der Waals surface area (Å²) in [4.78, 5) is 11.9. The predicted molar refractivity (Wildman–Crippen MR) is 60.0 cm³/mol. The minimum atomic E-state index is -0.238.